The van der Waals surface area contributed by atoms with Crippen molar-refractivity contribution in [2.24, 2.45) is 39.9 Å². The molecule has 136 valence electrons. The fraction of sp³-hybridized carbons (Fsp3) is 0.200. The summed E-state index contributed by atoms with van der Waals surface area (Å²) < 4.78 is 0. The van der Waals surface area contributed by atoms with E-state index in [1.54, 1.807) is 0 Å². The van der Waals surface area contributed by atoms with Crippen molar-refractivity contribution in [2.45, 2.75) is 12.1 Å². The first-order valence-corrected chi connectivity index (χ1v) is 18.0. The van der Waals surface area contributed by atoms with Gasteiger partial charge in [0, 0.05) is 0 Å². The average molecular weight is 639 g/mol. The Morgan fingerprint density at radius 2 is 1.04 bits per heavy atom. The van der Waals surface area contributed by atoms with Crippen molar-refractivity contribution in [1.82, 2.24) is 0 Å². The number of amidine groups is 2. The van der Waals surface area contributed by atoms with Crippen molar-refractivity contribution in [3.8, 4) is 0 Å². The zero-order valence-electron chi connectivity index (χ0n) is 11.7. The van der Waals surface area contributed by atoms with Crippen molar-refractivity contribution >= 4 is 110 Å². The van der Waals surface area contributed by atoms with E-state index < -0.39 is 11.9 Å². The predicted octanol–water partition coefficient (Wildman–Crippen LogP) is 2.32. The summed E-state index contributed by atoms with van der Waals surface area (Å²) in [6, 6.07) is -0.361. The minimum absolute atomic E-state index is 0.181. The summed E-state index contributed by atoms with van der Waals surface area (Å²) in [5.41, 5.74) is 0. The molecule has 0 radical (unpaired) electrons. The molecular weight excluding hydrogens is 633 g/mol. The molecule has 0 amide bonds. The largest absolute Gasteiger partial charge is 0.762 e. The quantitative estimate of drug-likeness (QED) is 0.381. The van der Waals surface area contributed by atoms with Gasteiger partial charge in [-0.05, 0) is 0 Å². The Balaban J connectivity index is 0.000000144. The number of halogens is 4. The van der Waals surface area contributed by atoms with Crippen molar-refractivity contribution in [1.29, 1.82) is 0 Å². The second kappa shape index (κ2) is 9.55. The fourth-order valence-electron chi connectivity index (χ4n) is 1.58. The van der Waals surface area contributed by atoms with Gasteiger partial charge in [-0.15, -0.1) is 0 Å². The Hall–Kier alpha value is -0.352. The predicted molar refractivity (Wildman–Crippen MR) is 109 cm³/mol. The van der Waals surface area contributed by atoms with Gasteiger partial charge in [0.2, 0.25) is 0 Å². The average Bonchev–Trinajstić information content (AvgIpc) is 3.16. The summed E-state index contributed by atoms with van der Waals surface area (Å²) in [5.74, 6) is 1.31. The molecule has 4 rings (SSSR count). The van der Waals surface area contributed by atoms with E-state index in [2.05, 4.69) is 39.9 Å². The maximum absolute atomic E-state index is 5.01. The van der Waals surface area contributed by atoms with Crippen LogP contribution < -0.4 is 0 Å². The van der Waals surface area contributed by atoms with Gasteiger partial charge < -0.3 is 25.3 Å². The second-order valence-electron chi connectivity index (χ2n) is 4.00. The van der Waals surface area contributed by atoms with Crippen molar-refractivity contribution in [3.05, 3.63) is 0 Å². The third kappa shape index (κ3) is 7.05. The van der Waals surface area contributed by atoms with E-state index in [4.69, 9.17) is 62.9 Å². The van der Waals surface area contributed by atoms with E-state index in [1.807, 2.05) is 0 Å². The molecule has 8 nitrogen and oxygen atoms in total. The van der Waals surface area contributed by atoms with E-state index in [1.165, 1.54) is 25.4 Å². The molecule has 4 aliphatic heterocycles. The van der Waals surface area contributed by atoms with Crippen LogP contribution in [-0.2, 0) is 37.2 Å². The van der Waals surface area contributed by atoms with Gasteiger partial charge >= 0.3 is 49.6 Å². The molecule has 2 atom stereocenters. The van der Waals surface area contributed by atoms with Gasteiger partial charge in [0.1, 0.15) is 37.4 Å². The van der Waals surface area contributed by atoms with Crippen LogP contribution in [0.1, 0.15) is 0 Å². The molecule has 4 heterocycles. The SMILES string of the molecule is [Cl][Pt+2]([Cl])([Cl])[Cl].[S-]C1=NC=NC2=NC=NC12.[S-]C1=NC=NC2=NC=NC12. The van der Waals surface area contributed by atoms with Gasteiger partial charge in [0.15, 0.2) is 11.7 Å². The Kier molecular flexibility index (Phi) is 8.00. The Morgan fingerprint density at radius 3 is 1.36 bits per heavy atom. The van der Waals surface area contributed by atoms with E-state index in [0.717, 1.165) is 0 Å². The number of hydrogen-bond acceptors (Lipinski definition) is 10. The Bertz CT molecular complexity index is 703. The summed E-state index contributed by atoms with van der Waals surface area (Å²) >= 11 is 6.73. The van der Waals surface area contributed by atoms with E-state index >= 15 is 0 Å². The first kappa shape index (κ1) is 21.0. The van der Waals surface area contributed by atoms with Crippen molar-refractivity contribution in [2.75, 3.05) is 0 Å². The smallest absolute Gasteiger partial charge is 0.160 e. The zero-order valence-corrected chi connectivity index (χ0v) is 18.6. The van der Waals surface area contributed by atoms with Crippen LogP contribution in [0.4, 0.5) is 0 Å². The van der Waals surface area contributed by atoms with Crippen molar-refractivity contribution < 1.29 is 11.9 Å². The molecular formula is C10H6Cl4N8PtS2. The van der Waals surface area contributed by atoms with Crippen LogP contribution in [0.5, 0.6) is 0 Å². The van der Waals surface area contributed by atoms with Gasteiger partial charge in [-0.1, -0.05) is 10.1 Å². The van der Waals surface area contributed by atoms with E-state index in [9.17, 15) is 0 Å². The topological polar surface area (TPSA) is 98.9 Å². The third-order valence-electron chi connectivity index (χ3n) is 2.52. The third-order valence-corrected chi connectivity index (χ3v) is 3.18. The molecule has 0 aromatic heterocycles. The minimum Gasteiger partial charge on any atom is -0.762 e. The molecule has 0 fully saturated rings. The Morgan fingerprint density at radius 1 is 0.680 bits per heavy atom. The first-order chi connectivity index (χ1) is 11.8. The molecule has 25 heavy (non-hydrogen) atoms. The maximum atomic E-state index is 5.01. The summed E-state index contributed by atoms with van der Waals surface area (Å²) in [6.07, 6.45) is 5.74. The minimum atomic E-state index is -3.06. The summed E-state index contributed by atoms with van der Waals surface area (Å²) in [5, 5.41) is 1.09. The standard InChI is InChI=1S/2C5H4N4S.4ClH.Pt/c2*10-5-3-4(7-1-6-3)8-2-9-5;;;;;/h2*1-3H,(H,6,7,8,9,10);4*1H;/q;;;;;;+6/p-6. The maximum Gasteiger partial charge on any atom is 0.160 e. The fourth-order valence-corrected chi connectivity index (χ4v) is 2.01. The summed E-state index contributed by atoms with van der Waals surface area (Å²) in [6.45, 7) is 0. The van der Waals surface area contributed by atoms with Gasteiger partial charge in [-0.25, -0.2) is 20.0 Å². The van der Waals surface area contributed by atoms with Crippen LogP contribution in [0, 0.1) is 0 Å². The van der Waals surface area contributed by atoms with Gasteiger partial charge in [-0.3, -0.25) is 20.0 Å². The number of rotatable bonds is 0. The molecule has 0 aliphatic carbocycles. The first-order valence-electron chi connectivity index (χ1n) is 5.96. The van der Waals surface area contributed by atoms with Gasteiger partial charge in [-0.2, -0.15) is 0 Å². The molecule has 0 N–H and O–H groups in total. The molecule has 15 heteroatoms. The number of fused-ring (bicyclic) bond motifs is 2. The second-order valence-corrected chi connectivity index (χ2v) is 24.5. The van der Waals surface area contributed by atoms with Crippen LogP contribution in [0.15, 0.2) is 39.9 Å². The Labute approximate surface area is 172 Å². The van der Waals surface area contributed by atoms with Crippen molar-refractivity contribution in [3.63, 3.8) is 0 Å². The summed E-state index contributed by atoms with van der Waals surface area (Å²) in [4.78, 5) is 31.1. The number of nitrogens with zero attached hydrogens (tertiary/aromatic N) is 8. The van der Waals surface area contributed by atoms with Crippen LogP contribution in [0.25, 0.3) is 0 Å². The molecule has 0 aromatic rings. The van der Waals surface area contributed by atoms with Gasteiger partial charge in [0.25, 0.3) is 0 Å². The normalized spacial score (nSPS) is 25.3. The molecule has 4 aliphatic rings. The monoisotopic (exact) mass is 637 g/mol. The van der Waals surface area contributed by atoms with Crippen LogP contribution in [0.3, 0.4) is 0 Å². The van der Waals surface area contributed by atoms with E-state index in [-0.39, 0.29) is 12.1 Å². The van der Waals surface area contributed by atoms with Crippen LogP contribution in [-0.4, -0.2) is 59.2 Å². The molecule has 0 aromatic carbocycles. The number of hydrogen-bond donors (Lipinski definition) is 0. The van der Waals surface area contributed by atoms with Crippen LogP contribution in [0.2, 0.25) is 0 Å². The molecule has 0 spiro atoms. The zero-order chi connectivity index (χ0) is 18.4. The summed E-state index contributed by atoms with van der Waals surface area (Å²) in [7, 11) is 20.0. The molecule has 2 unspecified atom stereocenters. The molecule has 0 saturated carbocycles. The van der Waals surface area contributed by atoms with E-state index in [0.29, 0.717) is 21.8 Å². The molecule has 0 bridgehead atoms. The molecule has 0 saturated heterocycles. The van der Waals surface area contributed by atoms with Crippen LogP contribution >= 0.6 is 37.7 Å². The van der Waals surface area contributed by atoms with Gasteiger partial charge in [0.05, 0.1) is 0 Å². The number of aliphatic imine (C=N–C) groups is 8.